The summed E-state index contributed by atoms with van der Waals surface area (Å²) in [6.07, 6.45) is 15.9. The second kappa shape index (κ2) is 9.75. The van der Waals surface area contributed by atoms with E-state index in [-0.39, 0.29) is 17.1 Å². The molecule has 1 aliphatic heterocycles. The van der Waals surface area contributed by atoms with Crippen molar-refractivity contribution in [2.75, 3.05) is 0 Å². The van der Waals surface area contributed by atoms with Gasteiger partial charge in [-0.2, -0.15) is 0 Å². The number of nitrogens with zero attached hydrogens (tertiary/aromatic N) is 5. The normalized spacial score (nSPS) is 24.0. The van der Waals surface area contributed by atoms with E-state index in [9.17, 15) is 0 Å². The molecule has 2 aliphatic rings. The Morgan fingerprint density at radius 3 is 2.84 bits per heavy atom. The third-order valence-electron chi connectivity index (χ3n) is 3.30. The molecule has 2 bridgehead atoms. The van der Waals surface area contributed by atoms with Crippen LogP contribution < -0.4 is 0 Å². The molecule has 0 aromatic carbocycles. The zero-order chi connectivity index (χ0) is 12.5. The van der Waals surface area contributed by atoms with Gasteiger partial charge in [-0.05, 0) is 72.6 Å². The predicted molar refractivity (Wildman–Crippen MR) is 71.2 cm³/mol. The zero-order valence-electron chi connectivity index (χ0n) is 11.0. The topological polar surface area (TPSA) is 61.8 Å². The Morgan fingerprint density at radius 1 is 1.00 bits per heavy atom. The number of hydrogen-bond acceptors (Lipinski definition) is 5. The molecule has 1 saturated carbocycles. The SMILES string of the molecule is C1=CCCCC2CCCC(=NN=NN=NC=C1)C2.[Mn+2]. The molecule has 101 valence electrons. The molecule has 1 fully saturated rings. The van der Waals surface area contributed by atoms with Crippen LogP contribution in [0.2, 0.25) is 0 Å². The Balaban J connectivity index is 0.00000180. The van der Waals surface area contributed by atoms with Crippen LogP contribution >= 0.6 is 0 Å². The molecule has 5 nitrogen and oxygen atoms in total. The summed E-state index contributed by atoms with van der Waals surface area (Å²) < 4.78 is 0. The van der Waals surface area contributed by atoms with E-state index in [0.717, 1.165) is 30.9 Å². The molecule has 0 saturated heterocycles. The first-order chi connectivity index (χ1) is 8.95. The van der Waals surface area contributed by atoms with Crippen molar-refractivity contribution in [2.45, 2.75) is 44.9 Å². The van der Waals surface area contributed by atoms with Gasteiger partial charge in [-0.1, -0.05) is 12.2 Å². The fourth-order valence-electron chi connectivity index (χ4n) is 2.41. The van der Waals surface area contributed by atoms with Crippen LogP contribution in [0, 0.1) is 5.92 Å². The second-order valence-corrected chi connectivity index (χ2v) is 4.71. The van der Waals surface area contributed by atoms with Gasteiger partial charge in [-0.15, -0.1) is 10.2 Å². The van der Waals surface area contributed by atoms with Crippen molar-refractivity contribution >= 4 is 5.71 Å². The Labute approximate surface area is 124 Å². The summed E-state index contributed by atoms with van der Waals surface area (Å²) in [5.41, 5.74) is 1.16. The fourth-order valence-corrected chi connectivity index (χ4v) is 2.41. The van der Waals surface area contributed by atoms with Crippen LogP contribution in [0.4, 0.5) is 0 Å². The number of allylic oxidation sites excluding steroid dienone is 3. The molecule has 6 heteroatoms. The monoisotopic (exact) mass is 300 g/mol. The van der Waals surface area contributed by atoms with E-state index in [2.05, 4.69) is 32.0 Å². The minimum Gasteiger partial charge on any atom is -0.138 e. The Hall–Kier alpha value is -1.13. The molecular weight excluding hydrogens is 281 g/mol. The first-order valence-corrected chi connectivity index (χ1v) is 6.62. The molecule has 1 radical (unpaired) electrons. The molecule has 2 rings (SSSR count). The van der Waals surface area contributed by atoms with Gasteiger partial charge in [0.05, 0.1) is 6.20 Å². The maximum atomic E-state index is 4.14. The molecule has 1 atom stereocenters. The summed E-state index contributed by atoms with van der Waals surface area (Å²) >= 11 is 0. The van der Waals surface area contributed by atoms with Crippen LogP contribution in [-0.4, -0.2) is 5.71 Å². The van der Waals surface area contributed by atoms with Gasteiger partial charge in [0.15, 0.2) is 0 Å². The minimum atomic E-state index is 0. The van der Waals surface area contributed by atoms with Crippen LogP contribution in [0.1, 0.15) is 44.9 Å². The summed E-state index contributed by atoms with van der Waals surface area (Å²) in [7, 11) is 0. The van der Waals surface area contributed by atoms with Crippen LogP contribution in [0.3, 0.4) is 0 Å². The molecule has 1 aliphatic carbocycles. The standard InChI is InChI=1S/C13H19N5.Mn/c1-2-4-7-12-8-6-9-13(11-12)15-17-18-16-14-10-5-3-1;/h1,3,5,10,12H,2,4,6-9,11H2;/q;+2. The number of rotatable bonds is 0. The molecule has 1 unspecified atom stereocenters. The van der Waals surface area contributed by atoms with Gasteiger partial charge in [0.25, 0.3) is 0 Å². The van der Waals surface area contributed by atoms with Gasteiger partial charge >= 0.3 is 17.1 Å². The fraction of sp³-hybridized carbons (Fsp3) is 0.615. The van der Waals surface area contributed by atoms with Gasteiger partial charge in [0.2, 0.25) is 0 Å². The van der Waals surface area contributed by atoms with E-state index < -0.39 is 0 Å². The summed E-state index contributed by atoms with van der Waals surface area (Å²) in [4.78, 5) is 0. The van der Waals surface area contributed by atoms with E-state index in [1.165, 1.54) is 25.7 Å². The van der Waals surface area contributed by atoms with Crippen LogP contribution in [-0.2, 0) is 17.1 Å². The minimum absolute atomic E-state index is 0. The molecule has 19 heavy (non-hydrogen) atoms. The third-order valence-corrected chi connectivity index (χ3v) is 3.30. The van der Waals surface area contributed by atoms with Gasteiger partial charge in [-0.3, -0.25) is 0 Å². The van der Waals surface area contributed by atoms with Crippen molar-refractivity contribution in [2.24, 2.45) is 31.8 Å². The van der Waals surface area contributed by atoms with Crippen molar-refractivity contribution in [3.05, 3.63) is 24.4 Å². The summed E-state index contributed by atoms with van der Waals surface area (Å²) in [6.45, 7) is 0. The Kier molecular flexibility index (Phi) is 8.18. The van der Waals surface area contributed by atoms with E-state index in [1.54, 1.807) is 6.20 Å². The number of fused-ring (bicyclic) bond motifs is 2. The number of hydrogen-bond donors (Lipinski definition) is 0. The zero-order valence-corrected chi connectivity index (χ0v) is 12.1. The predicted octanol–water partition coefficient (Wildman–Crippen LogP) is 4.60. The Bertz CT molecular complexity index is 398. The average molecular weight is 300 g/mol. The first kappa shape index (κ1) is 15.9. The average Bonchev–Trinajstić information content (AvgIpc) is 2.40. The van der Waals surface area contributed by atoms with Crippen LogP contribution in [0.15, 0.2) is 50.3 Å². The maximum Gasteiger partial charge on any atom is 2.00 e. The third kappa shape index (κ3) is 6.55. The van der Waals surface area contributed by atoms with Crippen LogP contribution in [0.5, 0.6) is 0 Å². The first-order valence-electron chi connectivity index (χ1n) is 6.62. The largest absolute Gasteiger partial charge is 2.00 e. The van der Waals surface area contributed by atoms with Gasteiger partial charge in [0.1, 0.15) is 0 Å². The quantitative estimate of drug-likeness (QED) is 0.587. The van der Waals surface area contributed by atoms with E-state index in [0.29, 0.717) is 0 Å². The van der Waals surface area contributed by atoms with Crippen molar-refractivity contribution in [1.29, 1.82) is 0 Å². The molecule has 0 spiro atoms. The summed E-state index contributed by atoms with van der Waals surface area (Å²) in [5, 5.41) is 18.7. The van der Waals surface area contributed by atoms with E-state index in [1.807, 2.05) is 12.2 Å². The van der Waals surface area contributed by atoms with Crippen molar-refractivity contribution in [3.63, 3.8) is 0 Å². The van der Waals surface area contributed by atoms with Gasteiger partial charge < -0.3 is 0 Å². The Morgan fingerprint density at radius 2 is 1.89 bits per heavy atom. The molecule has 1 heterocycles. The van der Waals surface area contributed by atoms with Crippen molar-refractivity contribution < 1.29 is 17.1 Å². The van der Waals surface area contributed by atoms with E-state index in [4.69, 9.17) is 0 Å². The van der Waals surface area contributed by atoms with Crippen molar-refractivity contribution in [1.82, 2.24) is 0 Å². The molecule has 0 aromatic rings. The summed E-state index contributed by atoms with van der Waals surface area (Å²) in [6, 6.07) is 0. The van der Waals surface area contributed by atoms with Crippen molar-refractivity contribution in [3.8, 4) is 0 Å². The van der Waals surface area contributed by atoms with E-state index >= 15 is 0 Å². The molecule has 0 aromatic heterocycles. The van der Waals surface area contributed by atoms with Gasteiger partial charge in [0, 0.05) is 5.71 Å². The second-order valence-electron chi connectivity index (χ2n) is 4.71. The maximum absolute atomic E-state index is 4.14. The molecule has 0 amide bonds. The van der Waals surface area contributed by atoms with Crippen LogP contribution in [0.25, 0.3) is 0 Å². The molecular formula is C13H19MnN5+2. The molecule has 0 N–H and O–H groups in total. The smallest absolute Gasteiger partial charge is 0.138 e. The summed E-state index contributed by atoms with van der Waals surface area (Å²) in [5.74, 6) is 0.767. The van der Waals surface area contributed by atoms with Gasteiger partial charge in [-0.25, -0.2) is 0 Å².